The van der Waals surface area contributed by atoms with Crippen LogP contribution < -0.4 is 5.59 Å². The molecule has 5 heteroatoms. The molecule has 1 aliphatic heterocycles. The van der Waals surface area contributed by atoms with Crippen molar-refractivity contribution < 1.29 is 13.7 Å². The minimum absolute atomic E-state index is 0.388. The topological polar surface area (TPSA) is 44.5 Å². The third-order valence-corrected chi connectivity index (χ3v) is 4.79. The Kier molecular flexibility index (Phi) is 2.72. The minimum Gasteiger partial charge on any atom is -0.456 e. The Balaban J connectivity index is 1.93. The summed E-state index contributed by atoms with van der Waals surface area (Å²) in [4.78, 5) is 4.53. The van der Waals surface area contributed by atoms with Crippen LogP contribution in [-0.2, 0) is 9.31 Å². The zero-order chi connectivity index (χ0) is 15.5. The molecule has 0 bridgehead atoms. The molecule has 0 amide bonds. The lowest BCUT2D eigenvalue weighted by Crippen LogP contribution is -2.41. The molecule has 0 spiro atoms. The van der Waals surface area contributed by atoms with Gasteiger partial charge in [0.1, 0.15) is 11.2 Å². The van der Waals surface area contributed by atoms with Gasteiger partial charge in [0, 0.05) is 17.0 Å². The molecule has 0 saturated carbocycles. The number of hydrogen-bond acceptors (Lipinski definition) is 4. The highest BCUT2D eigenvalue weighted by Gasteiger charge is 2.53. The average Bonchev–Trinajstić information content (AvgIpc) is 2.93. The van der Waals surface area contributed by atoms with E-state index in [4.69, 9.17) is 13.7 Å². The lowest BCUT2D eigenvalue weighted by atomic mass is 9.81. The molecule has 22 heavy (non-hydrogen) atoms. The quantitative estimate of drug-likeness (QED) is 0.646. The van der Waals surface area contributed by atoms with Crippen molar-refractivity contribution in [3.8, 4) is 0 Å². The Morgan fingerprint density at radius 2 is 1.59 bits per heavy atom. The second-order valence-electron chi connectivity index (χ2n) is 6.76. The fourth-order valence-corrected chi connectivity index (χ4v) is 2.83. The Bertz CT molecular complexity index is 853. The minimum atomic E-state index is -0.491. The van der Waals surface area contributed by atoms with E-state index in [1.165, 1.54) is 0 Å². The Morgan fingerprint density at radius 1 is 0.909 bits per heavy atom. The summed E-state index contributed by atoms with van der Waals surface area (Å²) in [5.41, 5.74) is 1.66. The van der Waals surface area contributed by atoms with Gasteiger partial charge < -0.3 is 13.7 Å². The monoisotopic (exact) mass is 295 g/mol. The van der Waals surface area contributed by atoms with E-state index in [1.807, 2.05) is 58.0 Å². The van der Waals surface area contributed by atoms with Crippen molar-refractivity contribution in [2.45, 2.75) is 38.9 Å². The number of hydrogen-bond donors (Lipinski definition) is 0. The molecule has 0 aliphatic carbocycles. The first-order chi connectivity index (χ1) is 10.4. The summed E-state index contributed by atoms with van der Waals surface area (Å²) in [6.07, 6.45) is 1.74. The summed E-state index contributed by atoms with van der Waals surface area (Å²) in [6, 6.07) is 9.84. The molecule has 1 aromatic carbocycles. The van der Waals surface area contributed by atoms with Gasteiger partial charge in [-0.3, -0.25) is 4.98 Å². The summed E-state index contributed by atoms with van der Waals surface area (Å²) >= 11 is 0. The Hall–Kier alpha value is -1.85. The second kappa shape index (κ2) is 4.34. The maximum absolute atomic E-state index is 6.15. The van der Waals surface area contributed by atoms with Crippen LogP contribution in [0.3, 0.4) is 0 Å². The molecule has 112 valence electrons. The van der Waals surface area contributed by atoms with Gasteiger partial charge in [-0.05, 0) is 39.8 Å². The molecule has 4 rings (SSSR count). The van der Waals surface area contributed by atoms with Gasteiger partial charge in [-0.25, -0.2) is 0 Å². The van der Waals surface area contributed by atoms with Crippen LogP contribution in [-0.4, -0.2) is 23.3 Å². The highest BCUT2D eigenvalue weighted by atomic mass is 16.7. The zero-order valence-electron chi connectivity index (χ0n) is 13.2. The van der Waals surface area contributed by atoms with E-state index in [0.717, 1.165) is 27.5 Å². The third kappa shape index (κ3) is 1.82. The molecule has 1 saturated heterocycles. The van der Waals surface area contributed by atoms with Gasteiger partial charge in [-0.15, -0.1) is 0 Å². The highest BCUT2D eigenvalue weighted by molar-refractivity contribution is 6.64. The predicted octanol–water partition coefficient (Wildman–Crippen LogP) is 3.28. The number of fused-ring (bicyclic) bond motifs is 3. The molecule has 1 fully saturated rings. The van der Waals surface area contributed by atoms with Crippen molar-refractivity contribution >= 4 is 34.7 Å². The fraction of sp³-hybridized carbons (Fsp3) is 0.353. The number of rotatable bonds is 1. The van der Waals surface area contributed by atoms with Gasteiger partial charge in [0.15, 0.2) is 0 Å². The molecular weight excluding hydrogens is 277 g/mol. The third-order valence-electron chi connectivity index (χ3n) is 4.79. The number of furan rings is 1. The average molecular weight is 295 g/mol. The van der Waals surface area contributed by atoms with Crippen LogP contribution in [0.4, 0.5) is 0 Å². The molecule has 0 N–H and O–H groups in total. The molecule has 3 heterocycles. The molecule has 3 aromatic rings. The number of aromatic nitrogens is 1. The first kappa shape index (κ1) is 13.8. The lowest BCUT2D eigenvalue weighted by molar-refractivity contribution is 0.00578. The largest absolute Gasteiger partial charge is 0.515 e. The number of pyridine rings is 1. The van der Waals surface area contributed by atoms with Gasteiger partial charge >= 0.3 is 7.12 Å². The normalized spacial score (nSPS) is 20.1. The first-order valence-corrected chi connectivity index (χ1v) is 7.51. The molecule has 0 atom stereocenters. The van der Waals surface area contributed by atoms with E-state index in [-0.39, 0.29) is 11.2 Å². The van der Waals surface area contributed by atoms with E-state index >= 15 is 0 Å². The second-order valence-corrected chi connectivity index (χ2v) is 6.76. The summed E-state index contributed by atoms with van der Waals surface area (Å²) < 4.78 is 18.2. The molecule has 1 aliphatic rings. The molecular formula is C17H18BNO3. The van der Waals surface area contributed by atoms with Crippen LogP contribution in [0.15, 0.2) is 40.9 Å². The van der Waals surface area contributed by atoms with Gasteiger partial charge in [0.05, 0.1) is 16.8 Å². The summed E-state index contributed by atoms with van der Waals surface area (Å²) in [5, 5.41) is 2.01. The Labute approximate surface area is 129 Å². The SMILES string of the molecule is CC1(C)OB(c2nccc3oc4ccccc4c23)OC1(C)C. The van der Waals surface area contributed by atoms with Gasteiger partial charge in [-0.1, -0.05) is 18.2 Å². The van der Waals surface area contributed by atoms with Crippen molar-refractivity contribution in [2.75, 3.05) is 0 Å². The van der Waals surface area contributed by atoms with E-state index in [1.54, 1.807) is 6.20 Å². The first-order valence-electron chi connectivity index (χ1n) is 7.51. The standard InChI is InChI=1S/C17H18BNO3/c1-16(2)17(3,4)22-18(21-16)15-14-11-7-5-6-8-12(11)20-13(14)9-10-19-15/h5-10H,1-4H3. The van der Waals surface area contributed by atoms with Crippen molar-refractivity contribution in [1.82, 2.24) is 4.98 Å². The smallest absolute Gasteiger partial charge is 0.456 e. The molecule has 0 unspecified atom stereocenters. The number of nitrogens with zero attached hydrogens (tertiary/aromatic N) is 1. The molecule has 4 nitrogen and oxygen atoms in total. The highest BCUT2D eigenvalue weighted by Crippen LogP contribution is 2.37. The number of benzene rings is 1. The van der Waals surface area contributed by atoms with Gasteiger partial charge in [0.25, 0.3) is 0 Å². The van der Waals surface area contributed by atoms with Crippen LogP contribution in [0.2, 0.25) is 0 Å². The Morgan fingerprint density at radius 3 is 2.32 bits per heavy atom. The van der Waals surface area contributed by atoms with E-state index in [2.05, 4.69) is 4.98 Å². The summed E-state index contributed by atoms with van der Waals surface area (Å²) in [7, 11) is -0.491. The van der Waals surface area contributed by atoms with Crippen LogP contribution in [0, 0.1) is 0 Å². The van der Waals surface area contributed by atoms with E-state index in [9.17, 15) is 0 Å². The van der Waals surface area contributed by atoms with E-state index in [0.29, 0.717) is 0 Å². The van der Waals surface area contributed by atoms with Crippen LogP contribution in [0.1, 0.15) is 27.7 Å². The van der Waals surface area contributed by atoms with Crippen LogP contribution >= 0.6 is 0 Å². The molecule has 2 aromatic heterocycles. The van der Waals surface area contributed by atoms with Crippen LogP contribution in [0.5, 0.6) is 0 Å². The van der Waals surface area contributed by atoms with Crippen molar-refractivity contribution in [1.29, 1.82) is 0 Å². The van der Waals surface area contributed by atoms with Crippen molar-refractivity contribution in [2.24, 2.45) is 0 Å². The van der Waals surface area contributed by atoms with Crippen LogP contribution in [0.25, 0.3) is 21.9 Å². The fourth-order valence-electron chi connectivity index (χ4n) is 2.83. The maximum atomic E-state index is 6.15. The maximum Gasteiger partial charge on any atom is 0.515 e. The zero-order valence-corrected chi connectivity index (χ0v) is 13.2. The van der Waals surface area contributed by atoms with Crippen molar-refractivity contribution in [3.63, 3.8) is 0 Å². The summed E-state index contributed by atoms with van der Waals surface area (Å²) in [5.74, 6) is 0. The predicted molar refractivity (Wildman–Crippen MR) is 87.2 cm³/mol. The number of para-hydroxylation sites is 1. The lowest BCUT2D eigenvalue weighted by Gasteiger charge is -2.32. The van der Waals surface area contributed by atoms with Gasteiger partial charge in [0.2, 0.25) is 0 Å². The van der Waals surface area contributed by atoms with E-state index < -0.39 is 7.12 Å². The molecule has 0 radical (unpaired) electrons. The summed E-state index contributed by atoms with van der Waals surface area (Å²) in [6.45, 7) is 8.17. The van der Waals surface area contributed by atoms with Crippen molar-refractivity contribution in [3.05, 3.63) is 36.5 Å². The van der Waals surface area contributed by atoms with Gasteiger partial charge in [-0.2, -0.15) is 0 Å².